The first-order chi connectivity index (χ1) is 6.84. The maximum absolute atomic E-state index is 11.9. The predicted octanol–water partition coefficient (Wildman–Crippen LogP) is 2.01. The number of rotatable bonds is 3. The molecule has 1 aromatic heterocycles. The molecule has 4 nitrogen and oxygen atoms in total. The van der Waals surface area contributed by atoms with Crippen LogP contribution in [0.2, 0.25) is 0 Å². The third kappa shape index (κ3) is 2.81. The van der Waals surface area contributed by atoms with Crippen LogP contribution in [0.4, 0.5) is 0 Å². The molecule has 1 unspecified atom stereocenters. The fourth-order valence-corrected chi connectivity index (χ4v) is 1.15. The van der Waals surface area contributed by atoms with Crippen molar-refractivity contribution in [1.82, 2.24) is 15.5 Å². The van der Waals surface area contributed by atoms with E-state index in [0.29, 0.717) is 5.56 Å². The number of H-pyrrole nitrogens is 1. The predicted molar refractivity (Wildman–Crippen MR) is 63.3 cm³/mol. The second-order valence-electron chi connectivity index (χ2n) is 4.20. The van der Waals surface area contributed by atoms with E-state index in [-0.39, 0.29) is 16.3 Å². The van der Waals surface area contributed by atoms with E-state index in [2.05, 4.69) is 31.4 Å². The van der Waals surface area contributed by atoms with E-state index in [1.807, 2.05) is 27.7 Å². The number of aryl methyl sites for hydroxylation is 1. The van der Waals surface area contributed by atoms with Crippen molar-refractivity contribution in [1.29, 1.82) is 0 Å². The molecular formula is C10H16BrN3O. The van der Waals surface area contributed by atoms with Gasteiger partial charge in [-0.1, -0.05) is 22.9 Å². The van der Waals surface area contributed by atoms with Crippen LogP contribution in [-0.2, 0) is 0 Å². The second kappa shape index (κ2) is 4.35. The normalized spacial score (nSPS) is 13.7. The molecule has 0 aromatic carbocycles. The maximum atomic E-state index is 11.9. The molecule has 0 saturated carbocycles. The van der Waals surface area contributed by atoms with Gasteiger partial charge in [0, 0.05) is 16.1 Å². The lowest BCUT2D eigenvalue weighted by atomic mass is 10.0. The number of nitrogens with one attached hydrogen (secondary N) is 2. The molecule has 0 fully saturated rings. The van der Waals surface area contributed by atoms with Crippen molar-refractivity contribution in [2.75, 3.05) is 0 Å². The molecule has 1 rings (SSSR count). The molecule has 15 heavy (non-hydrogen) atoms. The molecule has 5 heteroatoms. The van der Waals surface area contributed by atoms with E-state index in [1.165, 1.54) is 0 Å². The number of hydrogen-bond acceptors (Lipinski definition) is 2. The number of amides is 1. The molecule has 0 aliphatic rings. The lowest BCUT2D eigenvalue weighted by Crippen LogP contribution is -2.48. The van der Waals surface area contributed by atoms with Gasteiger partial charge in [-0.15, -0.1) is 0 Å². The third-order valence-electron chi connectivity index (χ3n) is 2.50. The summed E-state index contributed by atoms with van der Waals surface area (Å²) in [5.74, 6) is -0.0995. The smallest absolute Gasteiger partial charge is 0.255 e. The minimum absolute atomic E-state index is 0.0995. The summed E-state index contributed by atoms with van der Waals surface area (Å²) in [6.45, 7) is 7.77. The number of carbonyl (C=O) groups is 1. The largest absolute Gasteiger partial charge is 0.346 e. The molecule has 0 aliphatic heterocycles. The summed E-state index contributed by atoms with van der Waals surface area (Å²) in [6, 6.07) is 0. The summed E-state index contributed by atoms with van der Waals surface area (Å²) < 4.78 is 0. The van der Waals surface area contributed by atoms with Gasteiger partial charge in [0.15, 0.2) is 0 Å². The highest BCUT2D eigenvalue weighted by Crippen LogP contribution is 2.17. The molecule has 0 radical (unpaired) electrons. The van der Waals surface area contributed by atoms with Gasteiger partial charge in [-0.2, -0.15) is 5.10 Å². The summed E-state index contributed by atoms with van der Waals surface area (Å²) in [5, 5.41) is 9.52. The Hall–Kier alpha value is -0.840. The fraction of sp³-hybridized carbons (Fsp3) is 0.600. The van der Waals surface area contributed by atoms with Crippen LogP contribution in [0.25, 0.3) is 0 Å². The van der Waals surface area contributed by atoms with Crippen LogP contribution in [0.3, 0.4) is 0 Å². The standard InChI is InChI=1S/C10H16BrN3O/c1-6-8(5-12-14-6)9(15)13-10(3,4)7(2)11/h5,7H,1-4H3,(H,12,14)(H,13,15). The Morgan fingerprint density at radius 1 is 1.67 bits per heavy atom. The lowest BCUT2D eigenvalue weighted by Gasteiger charge is -2.29. The number of carbonyl (C=O) groups excluding carboxylic acids is 1. The van der Waals surface area contributed by atoms with Crippen LogP contribution < -0.4 is 5.32 Å². The average molecular weight is 274 g/mol. The Kier molecular flexibility index (Phi) is 3.54. The zero-order chi connectivity index (χ0) is 11.6. The summed E-state index contributed by atoms with van der Waals surface area (Å²) in [4.78, 5) is 12.1. The Bertz CT molecular complexity index is 357. The molecule has 0 saturated heterocycles. The van der Waals surface area contributed by atoms with Crippen LogP contribution in [0, 0.1) is 6.92 Å². The van der Waals surface area contributed by atoms with Gasteiger partial charge in [0.1, 0.15) is 0 Å². The number of nitrogens with zero attached hydrogens (tertiary/aromatic N) is 1. The molecule has 84 valence electrons. The fourth-order valence-electron chi connectivity index (χ4n) is 1.04. The monoisotopic (exact) mass is 273 g/mol. The number of aromatic amines is 1. The summed E-state index contributed by atoms with van der Waals surface area (Å²) in [7, 11) is 0. The molecule has 1 heterocycles. The summed E-state index contributed by atoms with van der Waals surface area (Å²) in [6.07, 6.45) is 1.54. The van der Waals surface area contributed by atoms with Crippen LogP contribution in [0.15, 0.2) is 6.20 Å². The van der Waals surface area contributed by atoms with E-state index in [0.717, 1.165) is 5.69 Å². The Morgan fingerprint density at radius 3 is 2.67 bits per heavy atom. The molecule has 1 aromatic rings. The first-order valence-electron chi connectivity index (χ1n) is 4.81. The van der Waals surface area contributed by atoms with E-state index in [9.17, 15) is 4.79 Å². The van der Waals surface area contributed by atoms with Gasteiger partial charge in [0.25, 0.3) is 5.91 Å². The molecule has 2 N–H and O–H groups in total. The average Bonchev–Trinajstić information content (AvgIpc) is 2.50. The minimum atomic E-state index is -0.291. The van der Waals surface area contributed by atoms with Gasteiger partial charge in [-0.05, 0) is 20.8 Å². The first-order valence-corrected chi connectivity index (χ1v) is 5.72. The quantitative estimate of drug-likeness (QED) is 0.828. The highest BCUT2D eigenvalue weighted by Gasteiger charge is 2.26. The van der Waals surface area contributed by atoms with Crippen LogP contribution >= 0.6 is 15.9 Å². The molecule has 0 bridgehead atoms. The number of alkyl halides is 1. The van der Waals surface area contributed by atoms with E-state index >= 15 is 0 Å². The van der Waals surface area contributed by atoms with Crippen molar-refractivity contribution in [3.05, 3.63) is 17.5 Å². The highest BCUT2D eigenvalue weighted by atomic mass is 79.9. The second-order valence-corrected chi connectivity index (χ2v) is 5.57. The summed E-state index contributed by atoms with van der Waals surface area (Å²) >= 11 is 3.47. The summed E-state index contributed by atoms with van der Waals surface area (Å²) in [5.41, 5.74) is 1.09. The molecule has 0 aliphatic carbocycles. The molecule has 0 spiro atoms. The number of aromatic nitrogens is 2. The molecule has 1 atom stereocenters. The van der Waals surface area contributed by atoms with Gasteiger partial charge < -0.3 is 5.32 Å². The van der Waals surface area contributed by atoms with E-state index < -0.39 is 0 Å². The van der Waals surface area contributed by atoms with Crippen LogP contribution in [-0.4, -0.2) is 26.5 Å². The maximum Gasteiger partial charge on any atom is 0.255 e. The topological polar surface area (TPSA) is 57.8 Å². The van der Waals surface area contributed by atoms with Crippen molar-refractivity contribution in [3.8, 4) is 0 Å². The Balaban J connectivity index is 2.77. The van der Waals surface area contributed by atoms with Gasteiger partial charge >= 0.3 is 0 Å². The van der Waals surface area contributed by atoms with Gasteiger partial charge in [0.05, 0.1) is 11.8 Å². The van der Waals surface area contributed by atoms with Crippen molar-refractivity contribution >= 4 is 21.8 Å². The zero-order valence-corrected chi connectivity index (χ0v) is 11.0. The number of hydrogen-bond donors (Lipinski definition) is 2. The zero-order valence-electron chi connectivity index (χ0n) is 9.39. The third-order valence-corrected chi connectivity index (χ3v) is 3.65. The van der Waals surface area contributed by atoms with Crippen molar-refractivity contribution in [2.24, 2.45) is 0 Å². The first kappa shape index (κ1) is 12.2. The SMILES string of the molecule is Cc1[nH]ncc1C(=O)NC(C)(C)C(C)Br. The van der Waals surface area contributed by atoms with Gasteiger partial charge in [0.2, 0.25) is 0 Å². The Labute approximate surface area is 98.0 Å². The van der Waals surface area contributed by atoms with Crippen molar-refractivity contribution < 1.29 is 4.79 Å². The van der Waals surface area contributed by atoms with Gasteiger partial charge in [-0.25, -0.2) is 0 Å². The van der Waals surface area contributed by atoms with Crippen molar-refractivity contribution in [2.45, 2.75) is 38.1 Å². The van der Waals surface area contributed by atoms with Gasteiger partial charge in [-0.3, -0.25) is 9.89 Å². The number of halogens is 1. The van der Waals surface area contributed by atoms with E-state index in [4.69, 9.17) is 0 Å². The van der Waals surface area contributed by atoms with Crippen LogP contribution in [0.1, 0.15) is 36.8 Å². The highest BCUT2D eigenvalue weighted by molar-refractivity contribution is 9.09. The molecular weight excluding hydrogens is 258 g/mol. The Morgan fingerprint density at radius 2 is 2.27 bits per heavy atom. The van der Waals surface area contributed by atoms with Crippen LogP contribution in [0.5, 0.6) is 0 Å². The minimum Gasteiger partial charge on any atom is -0.346 e. The van der Waals surface area contributed by atoms with Crippen molar-refractivity contribution in [3.63, 3.8) is 0 Å². The van der Waals surface area contributed by atoms with E-state index in [1.54, 1.807) is 6.20 Å². The molecule has 1 amide bonds. The lowest BCUT2D eigenvalue weighted by molar-refractivity contribution is 0.0913.